The van der Waals surface area contributed by atoms with Crippen molar-refractivity contribution in [2.45, 2.75) is 17.9 Å². The first-order chi connectivity index (χ1) is 10.5. The minimum absolute atomic E-state index is 0.0941. The number of aryl methyl sites for hydroxylation is 1. The normalized spacial score (nSPS) is 14.5. The van der Waals surface area contributed by atoms with Gasteiger partial charge in [-0.05, 0) is 30.7 Å². The van der Waals surface area contributed by atoms with E-state index in [9.17, 15) is 13.2 Å². The fourth-order valence-corrected chi connectivity index (χ4v) is 3.77. The lowest BCUT2D eigenvalue weighted by Crippen LogP contribution is -2.38. The average molecular weight is 322 g/mol. The summed E-state index contributed by atoms with van der Waals surface area (Å²) in [7, 11) is -2.47. The number of hydrogen-bond acceptors (Lipinski definition) is 6. The fraction of sp³-hybridized carbons (Fsp3) is 0.308. The van der Waals surface area contributed by atoms with Gasteiger partial charge in [0.2, 0.25) is 5.95 Å². The molecule has 1 aliphatic heterocycles. The summed E-state index contributed by atoms with van der Waals surface area (Å²) in [5.74, 6) is -0.204. The zero-order valence-corrected chi connectivity index (χ0v) is 12.7. The Morgan fingerprint density at radius 2 is 1.95 bits per heavy atom. The van der Waals surface area contributed by atoms with Crippen LogP contribution >= 0.6 is 0 Å². The highest BCUT2D eigenvalue weighted by Gasteiger charge is 2.31. The van der Waals surface area contributed by atoms with Crippen LogP contribution < -0.4 is 4.31 Å². The maximum atomic E-state index is 12.7. The molecule has 0 bridgehead atoms. The van der Waals surface area contributed by atoms with Gasteiger partial charge in [-0.2, -0.15) is 10.1 Å². The van der Waals surface area contributed by atoms with Crippen LogP contribution in [0.15, 0.2) is 35.5 Å². The smallest absolute Gasteiger partial charge is 0.337 e. The van der Waals surface area contributed by atoms with Crippen molar-refractivity contribution in [3.05, 3.63) is 36.2 Å². The molecular weight excluding hydrogens is 308 g/mol. The van der Waals surface area contributed by atoms with Gasteiger partial charge in [0, 0.05) is 13.1 Å². The third-order valence-electron chi connectivity index (χ3n) is 3.41. The van der Waals surface area contributed by atoms with Crippen molar-refractivity contribution in [1.29, 1.82) is 0 Å². The van der Waals surface area contributed by atoms with Crippen molar-refractivity contribution in [2.75, 3.05) is 18.0 Å². The minimum Gasteiger partial charge on any atom is -0.465 e. The maximum absolute atomic E-state index is 12.7. The lowest BCUT2D eigenvalue weighted by atomic mass is 10.2. The van der Waals surface area contributed by atoms with Gasteiger partial charge in [-0.3, -0.25) is 0 Å². The molecule has 9 heteroatoms. The maximum Gasteiger partial charge on any atom is 0.337 e. The Labute approximate surface area is 127 Å². The number of ether oxygens (including phenoxy) is 1. The zero-order valence-electron chi connectivity index (χ0n) is 11.8. The van der Waals surface area contributed by atoms with Crippen molar-refractivity contribution in [3.63, 3.8) is 0 Å². The Kier molecular flexibility index (Phi) is 3.57. The number of nitrogens with zero attached hydrogens (tertiary/aromatic N) is 4. The van der Waals surface area contributed by atoms with Gasteiger partial charge in [0.1, 0.15) is 6.33 Å². The van der Waals surface area contributed by atoms with E-state index >= 15 is 0 Å². The molecule has 0 radical (unpaired) electrons. The first kappa shape index (κ1) is 14.5. The second kappa shape index (κ2) is 5.41. The predicted octanol–water partition coefficient (Wildman–Crippen LogP) is 0.664. The highest BCUT2D eigenvalue weighted by Crippen LogP contribution is 2.25. The summed E-state index contributed by atoms with van der Waals surface area (Å²) in [5, 5.41) is 4.00. The summed E-state index contributed by atoms with van der Waals surface area (Å²) in [6.45, 7) is 0.989. The standard InChI is InChI=1S/C13H14N4O4S/c1-21-12(18)10-3-5-11(6-4-10)22(19,20)17-8-2-7-16-13(17)14-9-15-16/h3-6,9H,2,7-8H2,1H3. The average Bonchev–Trinajstić information content (AvgIpc) is 3.02. The number of methoxy groups -OCH3 is 1. The van der Waals surface area contributed by atoms with Crippen LogP contribution in [0.25, 0.3) is 0 Å². The second-order valence-corrected chi connectivity index (χ2v) is 6.59. The SMILES string of the molecule is COC(=O)c1ccc(S(=O)(=O)N2CCCn3ncnc32)cc1. The fourth-order valence-electron chi connectivity index (χ4n) is 2.31. The number of hydrogen-bond donors (Lipinski definition) is 0. The highest BCUT2D eigenvalue weighted by molar-refractivity contribution is 7.92. The van der Waals surface area contributed by atoms with E-state index in [1.807, 2.05) is 0 Å². The summed E-state index contributed by atoms with van der Waals surface area (Å²) in [6.07, 6.45) is 2.00. The first-order valence-electron chi connectivity index (χ1n) is 6.63. The van der Waals surface area contributed by atoms with E-state index in [1.165, 1.54) is 42.0 Å². The summed E-state index contributed by atoms with van der Waals surface area (Å²) in [6, 6.07) is 5.62. The van der Waals surface area contributed by atoms with Crippen LogP contribution in [0.1, 0.15) is 16.8 Å². The van der Waals surface area contributed by atoms with Crippen LogP contribution in [0.2, 0.25) is 0 Å². The van der Waals surface area contributed by atoms with Crippen molar-refractivity contribution in [3.8, 4) is 0 Å². The first-order valence-corrected chi connectivity index (χ1v) is 8.07. The van der Waals surface area contributed by atoms with Crippen LogP contribution in [0.5, 0.6) is 0 Å². The molecule has 2 aromatic rings. The Bertz CT molecular complexity index is 798. The summed E-state index contributed by atoms with van der Waals surface area (Å²) < 4.78 is 32.8. The molecule has 116 valence electrons. The Morgan fingerprint density at radius 1 is 1.23 bits per heavy atom. The van der Waals surface area contributed by atoms with E-state index in [0.29, 0.717) is 31.0 Å². The lowest BCUT2D eigenvalue weighted by Gasteiger charge is -2.27. The van der Waals surface area contributed by atoms with Crippen molar-refractivity contribution < 1.29 is 17.9 Å². The van der Waals surface area contributed by atoms with Gasteiger partial charge in [0.15, 0.2) is 0 Å². The predicted molar refractivity (Wildman–Crippen MR) is 77.0 cm³/mol. The molecule has 0 unspecified atom stereocenters. The topological polar surface area (TPSA) is 94.4 Å². The number of sulfonamides is 1. The monoisotopic (exact) mass is 322 g/mol. The molecule has 2 heterocycles. The number of carbonyl (C=O) groups excluding carboxylic acids is 1. The van der Waals surface area contributed by atoms with Gasteiger partial charge < -0.3 is 4.74 Å². The van der Waals surface area contributed by atoms with E-state index in [0.717, 1.165) is 0 Å². The second-order valence-electron chi connectivity index (χ2n) is 4.73. The van der Waals surface area contributed by atoms with E-state index in [1.54, 1.807) is 4.68 Å². The van der Waals surface area contributed by atoms with Gasteiger partial charge in [0.25, 0.3) is 10.0 Å². The molecule has 1 aliphatic rings. The summed E-state index contributed by atoms with van der Waals surface area (Å²) >= 11 is 0. The number of benzene rings is 1. The van der Waals surface area contributed by atoms with Gasteiger partial charge in [-0.25, -0.2) is 22.2 Å². The van der Waals surface area contributed by atoms with Crippen LogP contribution in [0.3, 0.4) is 0 Å². The molecule has 1 aromatic carbocycles. The number of rotatable bonds is 3. The van der Waals surface area contributed by atoms with Crippen LogP contribution in [-0.2, 0) is 21.3 Å². The summed E-state index contributed by atoms with van der Waals surface area (Å²) in [4.78, 5) is 15.5. The molecule has 8 nitrogen and oxygen atoms in total. The number of carbonyl (C=O) groups is 1. The number of fused-ring (bicyclic) bond motifs is 1. The van der Waals surface area contributed by atoms with Gasteiger partial charge in [-0.1, -0.05) is 0 Å². The molecule has 0 saturated carbocycles. The van der Waals surface area contributed by atoms with Gasteiger partial charge in [-0.15, -0.1) is 0 Å². The van der Waals surface area contributed by atoms with Crippen molar-refractivity contribution in [1.82, 2.24) is 14.8 Å². The molecule has 0 spiro atoms. The van der Waals surface area contributed by atoms with E-state index in [4.69, 9.17) is 0 Å². The Hall–Kier alpha value is -2.42. The van der Waals surface area contributed by atoms with E-state index in [2.05, 4.69) is 14.8 Å². The Balaban J connectivity index is 1.96. The van der Waals surface area contributed by atoms with E-state index in [-0.39, 0.29) is 4.90 Å². The van der Waals surface area contributed by atoms with Crippen LogP contribution in [0.4, 0.5) is 5.95 Å². The third-order valence-corrected chi connectivity index (χ3v) is 5.21. The molecule has 0 atom stereocenters. The minimum atomic E-state index is -3.74. The third kappa shape index (κ3) is 2.33. The highest BCUT2D eigenvalue weighted by atomic mass is 32.2. The van der Waals surface area contributed by atoms with Gasteiger partial charge in [0.05, 0.1) is 17.6 Å². The molecule has 22 heavy (non-hydrogen) atoms. The molecule has 0 saturated heterocycles. The van der Waals surface area contributed by atoms with Crippen molar-refractivity contribution in [2.24, 2.45) is 0 Å². The van der Waals surface area contributed by atoms with E-state index < -0.39 is 16.0 Å². The summed E-state index contributed by atoms with van der Waals surface area (Å²) in [5.41, 5.74) is 0.295. The molecule has 1 aromatic heterocycles. The van der Waals surface area contributed by atoms with Crippen LogP contribution in [-0.4, -0.2) is 42.8 Å². The Morgan fingerprint density at radius 3 is 2.64 bits per heavy atom. The van der Waals surface area contributed by atoms with Gasteiger partial charge >= 0.3 is 5.97 Å². The number of aromatic nitrogens is 3. The molecule has 0 amide bonds. The molecule has 0 N–H and O–H groups in total. The lowest BCUT2D eigenvalue weighted by molar-refractivity contribution is 0.0600. The molecule has 3 rings (SSSR count). The quantitative estimate of drug-likeness (QED) is 0.771. The van der Waals surface area contributed by atoms with Crippen molar-refractivity contribution >= 4 is 21.9 Å². The zero-order chi connectivity index (χ0) is 15.7. The molecule has 0 fully saturated rings. The molecule has 0 aliphatic carbocycles. The molecular formula is C13H14N4O4S. The number of esters is 1. The number of anilines is 1. The largest absolute Gasteiger partial charge is 0.465 e. The van der Waals surface area contributed by atoms with Crippen LogP contribution in [0, 0.1) is 0 Å².